The van der Waals surface area contributed by atoms with Crippen molar-refractivity contribution in [1.82, 2.24) is 5.32 Å². The molecule has 3 rings (SSSR count). The van der Waals surface area contributed by atoms with Crippen LogP contribution in [0.2, 0.25) is 0 Å². The number of rotatable bonds is 6. The molecule has 0 spiro atoms. The van der Waals surface area contributed by atoms with Crippen LogP contribution in [-0.4, -0.2) is 12.5 Å². The van der Waals surface area contributed by atoms with E-state index in [2.05, 4.69) is 51.7 Å². The number of hydrogen-bond donors (Lipinski definition) is 2. The summed E-state index contributed by atoms with van der Waals surface area (Å²) in [6.45, 7) is 2.32. The van der Waals surface area contributed by atoms with Crippen LogP contribution in [0, 0.1) is 11.3 Å². The van der Waals surface area contributed by atoms with E-state index in [0.717, 1.165) is 41.3 Å². The van der Waals surface area contributed by atoms with Gasteiger partial charge < -0.3 is 10.6 Å². The molecule has 1 aromatic carbocycles. The number of fused-ring (bicyclic) bond motifs is 1. The zero-order valence-electron chi connectivity index (χ0n) is 14.1. The van der Waals surface area contributed by atoms with Crippen molar-refractivity contribution in [3.63, 3.8) is 0 Å². The van der Waals surface area contributed by atoms with Gasteiger partial charge in [0.15, 0.2) is 0 Å². The Morgan fingerprint density at radius 3 is 2.80 bits per heavy atom. The fourth-order valence-electron chi connectivity index (χ4n) is 3.19. The third kappa shape index (κ3) is 4.12. The molecule has 2 N–H and O–H groups in total. The first kappa shape index (κ1) is 18.1. The normalized spacial score (nSPS) is 14.0. The van der Waals surface area contributed by atoms with Crippen LogP contribution in [0.3, 0.4) is 0 Å². The summed E-state index contributed by atoms with van der Waals surface area (Å²) in [5.41, 5.74) is 2.95. The second-order valence-corrected chi connectivity index (χ2v) is 8.14. The van der Waals surface area contributed by atoms with Crippen LogP contribution in [-0.2, 0) is 17.6 Å². The molecule has 1 aliphatic rings. The zero-order valence-corrected chi connectivity index (χ0v) is 16.5. The Hall–Kier alpha value is -1.68. The van der Waals surface area contributed by atoms with Crippen LogP contribution < -0.4 is 10.6 Å². The minimum absolute atomic E-state index is 0.105. The van der Waals surface area contributed by atoms with Gasteiger partial charge in [-0.1, -0.05) is 35.0 Å². The predicted molar refractivity (Wildman–Crippen MR) is 105 cm³/mol. The molecule has 1 atom stereocenters. The molecule has 1 aliphatic carbocycles. The van der Waals surface area contributed by atoms with Gasteiger partial charge in [0.05, 0.1) is 12.1 Å². The van der Waals surface area contributed by atoms with Crippen LogP contribution >= 0.6 is 27.3 Å². The number of thiophene rings is 1. The lowest BCUT2D eigenvalue weighted by atomic mass is 10.0. The highest BCUT2D eigenvalue weighted by Crippen LogP contribution is 2.38. The highest BCUT2D eigenvalue weighted by atomic mass is 79.9. The maximum absolute atomic E-state index is 12.3. The van der Waals surface area contributed by atoms with E-state index in [4.69, 9.17) is 0 Å². The van der Waals surface area contributed by atoms with Crippen molar-refractivity contribution in [2.75, 3.05) is 11.9 Å². The predicted octanol–water partition coefficient (Wildman–Crippen LogP) is 4.55. The highest BCUT2D eigenvalue weighted by molar-refractivity contribution is 9.10. The number of carbonyl (C=O) groups excluding carboxylic acids is 1. The van der Waals surface area contributed by atoms with E-state index in [0.29, 0.717) is 10.6 Å². The molecule has 4 nitrogen and oxygen atoms in total. The maximum atomic E-state index is 12.3. The molecule has 130 valence electrons. The second-order valence-electron chi connectivity index (χ2n) is 6.11. The summed E-state index contributed by atoms with van der Waals surface area (Å²) in [5.74, 6) is -0.105. The lowest BCUT2D eigenvalue weighted by Crippen LogP contribution is -2.31. The molecule has 1 amide bonds. The van der Waals surface area contributed by atoms with Gasteiger partial charge in [-0.2, -0.15) is 5.26 Å². The number of amides is 1. The largest absolute Gasteiger partial charge is 0.315 e. The molecule has 1 heterocycles. The quantitative estimate of drug-likeness (QED) is 0.724. The smallest absolute Gasteiger partial charge is 0.238 e. The first-order valence-corrected chi connectivity index (χ1v) is 10.1. The molecule has 25 heavy (non-hydrogen) atoms. The summed E-state index contributed by atoms with van der Waals surface area (Å²) in [6.07, 6.45) is 3.97. The van der Waals surface area contributed by atoms with Crippen LogP contribution in [0.1, 0.15) is 47.4 Å². The second kappa shape index (κ2) is 8.13. The molecular weight excluding hydrogens is 398 g/mol. The minimum atomic E-state index is -0.105. The first-order valence-electron chi connectivity index (χ1n) is 8.45. The third-order valence-electron chi connectivity index (χ3n) is 4.48. The molecule has 0 fully saturated rings. The van der Waals surface area contributed by atoms with Crippen molar-refractivity contribution in [2.24, 2.45) is 0 Å². The van der Waals surface area contributed by atoms with Crippen molar-refractivity contribution in [3.05, 3.63) is 50.3 Å². The van der Waals surface area contributed by atoms with Crippen molar-refractivity contribution in [2.45, 2.75) is 38.6 Å². The number of nitrogens with zero attached hydrogens (tertiary/aromatic N) is 1. The van der Waals surface area contributed by atoms with Crippen LogP contribution in [0.4, 0.5) is 5.00 Å². The van der Waals surface area contributed by atoms with E-state index in [1.807, 2.05) is 12.1 Å². The summed E-state index contributed by atoms with van der Waals surface area (Å²) in [6, 6.07) is 10.5. The Balaban J connectivity index is 1.61. The number of nitriles is 1. The molecule has 0 saturated carbocycles. The van der Waals surface area contributed by atoms with E-state index < -0.39 is 0 Å². The van der Waals surface area contributed by atoms with E-state index in [-0.39, 0.29) is 18.5 Å². The first-order chi connectivity index (χ1) is 12.1. The number of hydrogen-bond acceptors (Lipinski definition) is 4. The number of anilines is 1. The van der Waals surface area contributed by atoms with E-state index in [1.165, 1.54) is 4.88 Å². The fraction of sp³-hybridized carbons (Fsp3) is 0.368. The van der Waals surface area contributed by atoms with Crippen LogP contribution in [0.15, 0.2) is 28.7 Å². The third-order valence-corrected chi connectivity index (χ3v) is 6.21. The van der Waals surface area contributed by atoms with Crippen LogP contribution in [0.5, 0.6) is 0 Å². The molecule has 2 aromatic rings. The van der Waals surface area contributed by atoms with Gasteiger partial charge in [-0.15, -0.1) is 11.3 Å². The number of halogens is 1. The Labute approximate surface area is 160 Å². The standard InChI is InChI=1S/C19H20BrN3OS/c1-2-16(12-6-8-13(20)9-7-12)22-11-18(24)23-19-15(10-21)14-4-3-5-17(14)25-19/h6-9,16,22H,2-5,11H2,1H3,(H,23,24)/t16-/m0/s1. The molecule has 0 saturated heterocycles. The van der Waals surface area contributed by atoms with Gasteiger partial charge in [-0.25, -0.2) is 0 Å². The van der Waals surface area contributed by atoms with Gasteiger partial charge in [0.2, 0.25) is 5.91 Å². The van der Waals surface area contributed by atoms with Crippen molar-refractivity contribution in [3.8, 4) is 6.07 Å². The minimum Gasteiger partial charge on any atom is -0.315 e. The molecule has 0 aliphatic heterocycles. The molecule has 0 unspecified atom stereocenters. The summed E-state index contributed by atoms with van der Waals surface area (Å²) >= 11 is 4.99. The number of aryl methyl sites for hydroxylation is 1. The van der Waals surface area contributed by atoms with Gasteiger partial charge in [-0.3, -0.25) is 4.79 Å². The average molecular weight is 418 g/mol. The molecule has 0 bridgehead atoms. The summed E-state index contributed by atoms with van der Waals surface area (Å²) in [5, 5.41) is 16.3. The van der Waals surface area contributed by atoms with E-state index in [1.54, 1.807) is 11.3 Å². The van der Waals surface area contributed by atoms with Crippen LogP contribution in [0.25, 0.3) is 0 Å². The SMILES string of the molecule is CC[C@H](NCC(=O)Nc1sc2c(c1C#N)CCC2)c1ccc(Br)cc1. The monoisotopic (exact) mass is 417 g/mol. The van der Waals surface area contributed by atoms with E-state index in [9.17, 15) is 10.1 Å². The topological polar surface area (TPSA) is 64.9 Å². The summed E-state index contributed by atoms with van der Waals surface area (Å²) in [4.78, 5) is 13.6. The van der Waals surface area contributed by atoms with E-state index >= 15 is 0 Å². The average Bonchev–Trinajstić information content (AvgIpc) is 3.17. The summed E-state index contributed by atoms with van der Waals surface area (Å²) < 4.78 is 1.04. The molecular formula is C19H20BrN3OS. The van der Waals surface area contributed by atoms with Gasteiger partial charge in [0.1, 0.15) is 11.1 Å². The lowest BCUT2D eigenvalue weighted by molar-refractivity contribution is -0.115. The molecule has 1 aromatic heterocycles. The Kier molecular flexibility index (Phi) is 5.89. The maximum Gasteiger partial charge on any atom is 0.238 e. The van der Waals surface area contributed by atoms with Crippen molar-refractivity contribution in [1.29, 1.82) is 5.26 Å². The Morgan fingerprint density at radius 1 is 1.36 bits per heavy atom. The van der Waals surface area contributed by atoms with Gasteiger partial charge in [0.25, 0.3) is 0 Å². The molecule has 6 heteroatoms. The Bertz CT molecular complexity index is 807. The summed E-state index contributed by atoms with van der Waals surface area (Å²) in [7, 11) is 0. The van der Waals surface area contributed by atoms with Gasteiger partial charge >= 0.3 is 0 Å². The van der Waals surface area contributed by atoms with Gasteiger partial charge in [-0.05, 0) is 48.9 Å². The fourth-order valence-corrected chi connectivity index (χ4v) is 4.71. The number of carbonyl (C=O) groups is 1. The lowest BCUT2D eigenvalue weighted by Gasteiger charge is -2.17. The highest BCUT2D eigenvalue weighted by Gasteiger charge is 2.23. The Morgan fingerprint density at radius 2 is 2.12 bits per heavy atom. The zero-order chi connectivity index (χ0) is 17.8. The number of benzene rings is 1. The molecule has 0 radical (unpaired) electrons. The number of nitrogens with one attached hydrogen (secondary N) is 2. The van der Waals surface area contributed by atoms with Gasteiger partial charge in [0, 0.05) is 15.4 Å². The van der Waals surface area contributed by atoms with Crippen molar-refractivity contribution < 1.29 is 4.79 Å². The van der Waals surface area contributed by atoms with Crippen molar-refractivity contribution >= 4 is 38.2 Å².